The van der Waals surface area contributed by atoms with Crippen molar-refractivity contribution in [1.29, 1.82) is 0 Å². The van der Waals surface area contributed by atoms with E-state index < -0.39 is 11.6 Å². The minimum atomic E-state index is -0.821. The minimum absolute atomic E-state index is 0.321. The summed E-state index contributed by atoms with van der Waals surface area (Å²) in [6.45, 7) is 0. The molecule has 5 heteroatoms. The van der Waals surface area contributed by atoms with Crippen molar-refractivity contribution in [3.05, 3.63) is 56.2 Å². The fourth-order valence-corrected chi connectivity index (χ4v) is 3.25. The molecule has 0 radical (unpaired) electrons. The molecule has 1 atom stereocenters. The highest BCUT2D eigenvalue weighted by atomic mass is 79.9. The fraction of sp³-hybridized carbons (Fsp3) is 0.167. The molecule has 90 valence electrons. The van der Waals surface area contributed by atoms with Crippen LogP contribution in [-0.2, 0) is 0 Å². The topological polar surface area (TPSA) is 12.0 Å². The van der Waals surface area contributed by atoms with Gasteiger partial charge >= 0.3 is 0 Å². The van der Waals surface area contributed by atoms with E-state index in [1.165, 1.54) is 17.4 Å². The SMILES string of the molecule is CNC(c1cc(Br)cs1)c1cccc(F)c1F. The Bertz CT molecular complexity index is 527. The van der Waals surface area contributed by atoms with Gasteiger partial charge in [-0.2, -0.15) is 0 Å². The van der Waals surface area contributed by atoms with Gasteiger partial charge in [-0.3, -0.25) is 0 Å². The van der Waals surface area contributed by atoms with Gasteiger partial charge in [0, 0.05) is 20.3 Å². The molecule has 0 fully saturated rings. The lowest BCUT2D eigenvalue weighted by Gasteiger charge is -2.15. The van der Waals surface area contributed by atoms with Crippen molar-refractivity contribution in [3.63, 3.8) is 0 Å². The Labute approximate surface area is 111 Å². The van der Waals surface area contributed by atoms with Crippen LogP contribution in [0.4, 0.5) is 8.78 Å². The Kier molecular flexibility index (Phi) is 3.91. The maximum Gasteiger partial charge on any atom is 0.163 e. The van der Waals surface area contributed by atoms with Gasteiger partial charge in [-0.05, 0) is 35.1 Å². The standard InChI is InChI=1S/C12H10BrF2NS/c1-16-12(10-5-7(13)6-17-10)8-3-2-4-9(14)11(8)15/h2-6,12,16H,1H3. The minimum Gasteiger partial charge on any atom is -0.309 e. The Morgan fingerprint density at radius 2 is 2.12 bits per heavy atom. The van der Waals surface area contributed by atoms with Crippen molar-refractivity contribution < 1.29 is 8.78 Å². The van der Waals surface area contributed by atoms with Gasteiger partial charge in [0.15, 0.2) is 11.6 Å². The van der Waals surface area contributed by atoms with Crippen molar-refractivity contribution >= 4 is 27.3 Å². The predicted molar refractivity (Wildman–Crippen MR) is 69.3 cm³/mol. The fourth-order valence-electron chi connectivity index (χ4n) is 1.67. The molecule has 0 saturated heterocycles. The van der Waals surface area contributed by atoms with Crippen molar-refractivity contribution in [2.45, 2.75) is 6.04 Å². The summed E-state index contributed by atoms with van der Waals surface area (Å²) in [5.74, 6) is -1.62. The van der Waals surface area contributed by atoms with Crippen LogP contribution in [0.2, 0.25) is 0 Å². The first-order chi connectivity index (χ1) is 8.13. The average molecular weight is 318 g/mol. The van der Waals surface area contributed by atoms with Crippen LogP contribution in [0.25, 0.3) is 0 Å². The van der Waals surface area contributed by atoms with Crippen molar-refractivity contribution in [1.82, 2.24) is 5.32 Å². The van der Waals surface area contributed by atoms with Crippen LogP contribution in [0.5, 0.6) is 0 Å². The first kappa shape index (κ1) is 12.7. The van der Waals surface area contributed by atoms with Crippen molar-refractivity contribution in [2.24, 2.45) is 0 Å². The Morgan fingerprint density at radius 3 is 2.71 bits per heavy atom. The second kappa shape index (κ2) is 5.25. The molecule has 1 heterocycles. The van der Waals surface area contributed by atoms with Crippen LogP contribution >= 0.6 is 27.3 Å². The van der Waals surface area contributed by atoms with Gasteiger partial charge in [0.2, 0.25) is 0 Å². The summed E-state index contributed by atoms with van der Waals surface area (Å²) in [5, 5.41) is 4.91. The van der Waals surface area contributed by atoms with Gasteiger partial charge in [-0.25, -0.2) is 8.78 Å². The average Bonchev–Trinajstić information content (AvgIpc) is 2.72. The lowest BCUT2D eigenvalue weighted by molar-refractivity contribution is 0.488. The summed E-state index contributed by atoms with van der Waals surface area (Å²) >= 11 is 4.84. The highest BCUT2D eigenvalue weighted by Gasteiger charge is 2.19. The smallest absolute Gasteiger partial charge is 0.163 e. The molecule has 0 aliphatic carbocycles. The first-order valence-electron chi connectivity index (χ1n) is 4.98. The molecule has 1 N–H and O–H groups in total. The quantitative estimate of drug-likeness (QED) is 0.898. The maximum absolute atomic E-state index is 13.7. The summed E-state index contributed by atoms with van der Waals surface area (Å²) in [6, 6.07) is 5.79. The van der Waals surface area contributed by atoms with Gasteiger partial charge in [-0.1, -0.05) is 12.1 Å². The molecule has 0 amide bonds. The van der Waals surface area contributed by atoms with E-state index in [0.717, 1.165) is 15.4 Å². The zero-order valence-electron chi connectivity index (χ0n) is 9.01. The highest BCUT2D eigenvalue weighted by Crippen LogP contribution is 2.31. The molecule has 1 aromatic carbocycles. The van der Waals surface area contributed by atoms with Gasteiger partial charge in [-0.15, -0.1) is 11.3 Å². The van der Waals surface area contributed by atoms with Crippen LogP contribution in [0.15, 0.2) is 34.1 Å². The Balaban J connectivity index is 2.45. The van der Waals surface area contributed by atoms with Gasteiger partial charge in [0.05, 0.1) is 6.04 Å². The molecule has 0 spiro atoms. The van der Waals surface area contributed by atoms with Gasteiger partial charge in [0.1, 0.15) is 0 Å². The van der Waals surface area contributed by atoms with Crippen molar-refractivity contribution in [2.75, 3.05) is 7.05 Å². The molecule has 0 aliphatic heterocycles. The Morgan fingerprint density at radius 1 is 1.35 bits per heavy atom. The van der Waals surface area contributed by atoms with E-state index in [9.17, 15) is 8.78 Å². The largest absolute Gasteiger partial charge is 0.309 e. The second-order valence-corrected chi connectivity index (χ2v) is 5.39. The van der Waals surface area contributed by atoms with E-state index in [1.807, 2.05) is 11.4 Å². The number of benzene rings is 1. The van der Waals surface area contributed by atoms with E-state index in [1.54, 1.807) is 13.1 Å². The van der Waals surface area contributed by atoms with Gasteiger partial charge < -0.3 is 5.32 Å². The molecule has 1 aromatic heterocycles. The monoisotopic (exact) mass is 317 g/mol. The van der Waals surface area contributed by atoms with Crippen LogP contribution in [0.1, 0.15) is 16.5 Å². The number of rotatable bonds is 3. The zero-order chi connectivity index (χ0) is 12.4. The summed E-state index contributed by atoms with van der Waals surface area (Å²) < 4.78 is 27.8. The van der Waals surface area contributed by atoms with Crippen LogP contribution in [-0.4, -0.2) is 7.05 Å². The number of thiophene rings is 1. The highest BCUT2D eigenvalue weighted by molar-refractivity contribution is 9.10. The van der Waals surface area contributed by atoms with E-state index in [-0.39, 0.29) is 6.04 Å². The molecule has 0 bridgehead atoms. The Hall–Kier alpha value is -0.780. The second-order valence-electron chi connectivity index (χ2n) is 3.53. The third kappa shape index (κ3) is 2.56. The van der Waals surface area contributed by atoms with Crippen LogP contribution < -0.4 is 5.32 Å². The number of hydrogen-bond acceptors (Lipinski definition) is 2. The van der Waals surface area contributed by atoms with E-state index >= 15 is 0 Å². The van der Waals surface area contributed by atoms with E-state index in [0.29, 0.717) is 5.56 Å². The third-order valence-electron chi connectivity index (χ3n) is 2.45. The normalized spacial score (nSPS) is 12.7. The van der Waals surface area contributed by atoms with E-state index in [2.05, 4.69) is 21.2 Å². The number of halogens is 3. The number of hydrogen-bond donors (Lipinski definition) is 1. The summed E-state index contributed by atoms with van der Waals surface area (Å²) in [7, 11) is 1.72. The van der Waals surface area contributed by atoms with Crippen LogP contribution in [0.3, 0.4) is 0 Å². The molecule has 0 aliphatic rings. The molecule has 2 aromatic rings. The number of nitrogens with one attached hydrogen (secondary N) is 1. The summed E-state index contributed by atoms with van der Waals surface area (Å²) in [5.41, 5.74) is 0.321. The van der Waals surface area contributed by atoms with Crippen LogP contribution in [0, 0.1) is 11.6 Å². The maximum atomic E-state index is 13.7. The third-order valence-corrected chi connectivity index (χ3v) is 4.21. The summed E-state index contributed by atoms with van der Waals surface area (Å²) in [4.78, 5) is 0.934. The molecular formula is C12H10BrF2NS. The summed E-state index contributed by atoms with van der Waals surface area (Å²) in [6.07, 6.45) is 0. The lowest BCUT2D eigenvalue weighted by Crippen LogP contribution is -2.18. The first-order valence-corrected chi connectivity index (χ1v) is 6.66. The zero-order valence-corrected chi connectivity index (χ0v) is 11.4. The van der Waals surface area contributed by atoms with Gasteiger partial charge in [0.25, 0.3) is 0 Å². The molecule has 1 nitrogen and oxygen atoms in total. The predicted octanol–water partition coefficient (Wildman–Crippen LogP) is 4.10. The molecule has 2 rings (SSSR count). The molecule has 17 heavy (non-hydrogen) atoms. The van der Waals surface area contributed by atoms with E-state index in [4.69, 9.17) is 0 Å². The molecule has 1 unspecified atom stereocenters. The molecular weight excluding hydrogens is 308 g/mol. The molecule has 0 saturated carbocycles. The lowest BCUT2D eigenvalue weighted by atomic mass is 10.0. The van der Waals surface area contributed by atoms with Crippen molar-refractivity contribution in [3.8, 4) is 0 Å².